The first-order valence-corrected chi connectivity index (χ1v) is 14.2. The van der Waals surface area contributed by atoms with E-state index in [0.29, 0.717) is 11.4 Å². The molecule has 2 aliphatic heterocycles. The highest BCUT2D eigenvalue weighted by Gasteiger charge is 2.31. The average molecular weight is 547 g/mol. The van der Waals surface area contributed by atoms with Crippen molar-refractivity contribution in [2.45, 2.75) is 63.7 Å². The monoisotopic (exact) mass is 546 g/mol. The van der Waals surface area contributed by atoms with Gasteiger partial charge in [0.05, 0.1) is 12.1 Å². The summed E-state index contributed by atoms with van der Waals surface area (Å²) >= 11 is 0. The van der Waals surface area contributed by atoms with Crippen LogP contribution in [0.5, 0.6) is 0 Å². The SMILES string of the molecule is C[C@@H](NC1CCNCC1)C(=O)Nc1ccc2c(c1)C(=O)c1ccc(NC(=O)[C@@H](C)NC3CCNCC3)cc1C2=O. The van der Waals surface area contributed by atoms with E-state index in [1.807, 2.05) is 13.8 Å². The fourth-order valence-electron chi connectivity index (χ4n) is 5.64. The van der Waals surface area contributed by atoms with Crippen LogP contribution in [-0.4, -0.2) is 73.7 Å². The summed E-state index contributed by atoms with van der Waals surface area (Å²) in [5.74, 6) is -0.976. The molecule has 0 spiro atoms. The minimum Gasteiger partial charge on any atom is -0.325 e. The Labute approximate surface area is 234 Å². The van der Waals surface area contributed by atoms with Crippen LogP contribution in [0.3, 0.4) is 0 Å². The number of hydrogen-bond donors (Lipinski definition) is 6. The summed E-state index contributed by atoms with van der Waals surface area (Å²) in [6.07, 6.45) is 3.86. The number of piperidine rings is 2. The highest BCUT2D eigenvalue weighted by molar-refractivity contribution is 6.29. The van der Waals surface area contributed by atoms with Crippen LogP contribution < -0.4 is 31.9 Å². The molecular formula is C30H38N6O4. The third-order valence-corrected chi connectivity index (χ3v) is 7.99. The molecule has 2 fully saturated rings. The zero-order chi connectivity index (χ0) is 28.2. The van der Waals surface area contributed by atoms with Gasteiger partial charge in [0.2, 0.25) is 11.8 Å². The second-order valence-corrected chi connectivity index (χ2v) is 11.0. The molecule has 2 atom stereocenters. The number of fused-ring (bicyclic) bond motifs is 2. The maximum Gasteiger partial charge on any atom is 0.241 e. The minimum absolute atomic E-state index is 0.197. The van der Waals surface area contributed by atoms with Crippen molar-refractivity contribution in [1.82, 2.24) is 21.3 Å². The van der Waals surface area contributed by atoms with E-state index in [-0.39, 0.29) is 57.7 Å². The molecule has 40 heavy (non-hydrogen) atoms. The van der Waals surface area contributed by atoms with E-state index in [9.17, 15) is 19.2 Å². The van der Waals surface area contributed by atoms with Crippen molar-refractivity contribution >= 4 is 34.8 Å². The highest BCUT2D eigenvalue weighted by atomic mass is 16.2. The summed E-state index contributed by atoms with van der Waals surface area (Å²) in [7, 11) is 0. The number of amides is 2. The number of carbonyl (C=O) groups excluding carboxylic acids is 4. The maximum absolute atomic E-state index is 13.4. The lowest BCUT2D eigenvalue weighted by Crippen LogP contribution is -2.48. The fourth-order valence-corrected chi connectivity index (χ4v) is 5.64. The van der Waals surface area contributed by atoms with Crippen LogP contribution in [0.25, 0.3) is 0 Å². The van der Waals surface area contributed by atoms with Gasteiger partial charge in [0.25, 0.3) is 0 Å². The third-order valence-electron chi connectivity index (χ3n) is 7.99. The van der Waals surface area contributed by atoms with Crippen molar-refractivity contribution in [1.29, 1.82) is 0 Å². The lowest BCUT2D eigenvalue weighted by molar-refractivity contribution is -0.118. The first kappa shape index (κ1) is 28.1. The molecule has 2 heterocycles. The molecule has 0 unspecified atom stereocenters. The highest BCUT2D eigenvalue weighted by Crippen LogP contribution is 2.31. The molecule has 0 bridgehead atoms. The summed E-state index contributed by atoms with van der Waals surface area (Å²) in [6.45, 7) is 7.35. The van der Waals surface area contributed by atoms with Crippen LogP contribution in [0.15, 0.2) is 36.4 Å². The number of rotatable bonds is 8. The van der Waals surface area contributed by atoms with Crippen molar-refractivity contribution in [2.75, 3.05) is 36.8 Å². The second kappa shape index (κ2) is 12.4. The number of anilines is 2. The zero-order valence-electron chi connectivity index (χ0n) is 23.1. The van der Waals surface area contributed by atoms with E-state index in [2.05, 4.69) is 31.9 Å². The molecule has 3 aliphatic rings. The van der Waals surface area contributed by atoms with E-state index >= 15 is 0 Å². The molecule has 10 heteroatoms. The van der Waals surface area contributed by atoms with Gasteiger partial charge in [-0.15, -0.1) is 0 Å². The van der Waals surface area contributed by atoms with Gasteiger partial charge in [-0.2, -0.15) is 0 Å². The van der Waals surface area contributed by atoms with Gasteiger partial charge in [-0.05, 0) is 102 Å². The molecule has 2 aromatic rings. The van der Waals surface area contributed by atoms with E-state index in [1.165, 1.54) is 0 Å². The Balaban J connectivity index is 1.24. The van der Waals surface area contributed by atoms with E-state index < -0.39 is 12.1 Å². The molecule has 2 aromatic carbocycles. The predicted octanol–water partition coefficient (Wildman–Crippen LogP) is 1.80. The molecule has 2 saturated heterocycles. The van der Waals surface area contributed by atoms with E-state index in [4.69, 9.17) is 0 Å². The van der Waals surface area contributed by atoms with Crippen LogP contribution in [0, 0.1) is 0 Å². The van der Waals surface area contributed by atoms with Gasteiger partial charge in [-0.3, -0.25) is 19.2 Å². The summed E-state index contributed by atoms with van der Waals surface area (Å²) in [5, 5.41) is 19.1. The van der Waals surface area contributed by atoms with E-state index in [0.717, 1.165) is 51.9 Å². The summed E-state index contributed by atoms with van der Waals surface area (Å²) in [5.41, 5.74) is 2.00. The molecule has 212 valence electrons. The predicted molar refractivity (Wildman–Crippen MR) is 154 cm³/mol. The van der Waals surface area contributed by atoms with Crippen molar-refractivity contribution in [3.8, 4) is 0 Å². The van der Waals surface area contributed by atoms with Crippen LogP contribution in [0.2, 0.25) is 0 Å². The lowest BCUT2D eigenvalue weighted by atomic mass is 9.83. The first-order valence-electron chi connectivity index (χ1n) is 14.2. The molecule has 5 rings (SSSR count). The Morgan fingerprint density at radius 2 is 1.02 bits per heavy atom. The van der Waals surface area contributed by atoms with E-state index in [1.54, 1.807) is 36.4 Å². The Kier molecular flexibility index (Phi) is 8.70. The summed E-state index contributed by atoms with van der Waals surface area (Å²) in [4.78, 5) is 52.3. The van der Waals surface area contributed by atoms with Gasteiger partial charge < -0.3 is 31.9 Å². The van der Waals surface area contributed by atoms with Crippen molar-refractivity contribution in [3.63, 3.8) is 0 Å². The molecule has 6 N–H and O–H groups in total. The summed E-state index contributed by atoms with van der Waals surface area (Å²) in [6, 6.07) is 9.34. The van der Waals surface area contributed by atoms with Gasteiger partial charge >= 0.3 is 0 Å². The van der Waals surface area contributed by atoms with Gasteiger partial charge in [-0.25, -0.2) is 0 Å². The number of hydrogen-bond acceptors (Lipinski definition) is 8. The smallest absolute Gasteiger partial charge is 0.241 e. The van der Waals surface area contributed by atoms with Gasteiger partial charge in [0.1, 0.15) is 0 Å². The minimum atomic E-state index is -0.400. The second-order valence-electron chi connectivity index (χ2n) is 11.0. The standard InChI is InChI=1S/C30H38N6O4/c1-17(33-19-7-11-31-12-8-19)29(39)35-21-3-5-23-25(15-21)27(37)24-6-4-22(16-26(24)28(23)38)36-30(40)18(2)34-20-9-13-32-14-10-20/h3-6,15-20,31-34H,7-14H2,1-2H3,(H,35,39)(H,36,40)/t17-,18-/m1/s1. The average Bonchev–Trinajstić information content (AvgIpc) is 2.97. The van der Waals surface area contributed by atoms with Crippen molar-refractivity contribution in [3.05, 3.63) is 58.7 Å². The number of ketones is 2. The quantitative estimate of drug-likeness (QED) is 0.251. The number of benzene rings is 2. The number of carbonyl (C=O) groups is 4. The fraction of sp³-hybridized carbons (Fsp3) is 0.467. The zero-order valence-corrected chi connectivity index (χ0v) is 23.1. The maximum atomic E-state index is 13.4. The van der Waals surface area contributed by atoms with Crippen LogP contribution in [0.4, 0.5) is 11.4 Å². The summed E-state index contributed by atoms with van der Waals surface area (Å²) < 4.78 is 0. The van der Waals surface area contributed by atoms with Crippen molar-refractivity contribution < 1.29 is 19.2 Å². The van der Waals surface area contributed by atoms with Crippen LogP contribution in [0.1, 0.15) is 71.4 Å². The molecule has 0 radical (unpaired) electrons. The van der Waals surface area contributed by atoms with Gasteiger partial charge in [-0.1, -0.05) is 0 Å². The normalized spacial score (nSPS) is 19.4. The van der Waals surface area contributed by atoms with Crippen LogP contribution in [-0.2, 0) is 9.59 Å². The largest absolute Gasteiger partial charge is 0.325 e. The molecule has 0 saturated carbocycles. The van der Waals surface area contributed by atoms with Crippen molar-refractivity contribution in [2.24, 2.45) is 0 Å². The Bertz CT molecular complexity index is 1200. The Morgan fingerprint density at radius 1 is 0.650 bits per heavy atom. The Morgan fingerprint density at radius 3 is 1.40 bits per heavy atom. The molecule has 2 amide bonds. The molecular weight excluding hydrogens is 508 g/mol. The van der Waals surface area contributed by atoms with Gasteiger partial charge in [0.15, 0.2) is 11.6 Å². The molecule has 10 nitrogen and oxygen atoms in total. The lowest BCUT2D eigenvalue weighted by Gasteiger charge is -2.27. The first-order chi connectivity index (χ1) is 19.3. The number of nitrogens with one attached hydrogen (secondary N) is 6. The van der Waals surface area contributed by atoms with Gasteiger partial charge in [0, 0.05) is 45.7 Å². The Hall–Kier alpha value is -3.44. The molecule has 0 aromatic heterocycles. The molecule has 1 aliphatic carbocycles. The third kappa shape index (κ3) is 6.31. The van der Waals surface area contributed by atoms with Crippen LogP contribution >= 0.6 is 0 Å². The topological polar surface area (TPSA) is 140 Å².